The van der Waals surface area contributed by atoms with Crippen LogP contribution in [0.5, 0.6) is 0 Å². The maximum Gasteiger partial charge on any atom is 0.265 e. The standard InChI is InChI=1S/C12H16BrN3O2S/c1-12(11(14)15-18)3-5-16(6-4-12)10(17)9-8(13)2-7-19-9/h2,7,18H,3-6H2,1H3,(H2,14,15). The average molecular weight is 346 g/mol. The highest BCUT2D eigenvalue weighted by molar-refractivity contribution is 9.10. The largest absolute Gasteiger partial charge is 0.409 e. The number of nitrogens with two attached hydrogens (primary N) is 1. The number of rotatable bonds is 2. The molecule has 0 atom stereocenters. The number of nitrogens with zero attached hydrogens (tertiary/aromatic N) is 2. The van der Waals surface area contributed by atoms with Gasteiger partial charge in [0.05, 0.1) is 0 Å². The summed E-state index contributed by atoms with van der Waals surface area (Å²) in [6.45, 7) is 3.21. The molecule has 0 unspecified atom stereocenters. The molecule has 1 saturated heterocycles. The fourth-order valence-corrected chi connectivity index (χ4v) is 3.68. The van der Waals surface area contributed by atoms with Crippen LogP contribution in [0.2, 0.25) is 0 Å². The van der Waals surface area contributed by atoms with Crippen LogP contribution in [0.15, 0.2) is 21.1 Å². The van der Waals surface area contributed by atoms with Crippen LogP contribution in [-0.2, 0) is 0 Å². The molecule has 1 aromatic rings. The molecule has 0 aliphatic carbocycles. The Hall–Kier alpha value is -1.08. The Morgan fingerprint density at radius 1 is 1.58 bits per heavy atom. The van der Waals surface area contributed by atoms with Crippen molar-refractivity contribution in [3.63, 3.8) is 0 Å². The van der Waals surface area contributed by atoms with Gasteiger partial charge >= 0.3 is 0 Å². The quantitative estimate of drug-likeness (QED) is 0.374. The number of amides is 1. The summed E-state index contributed by atoms with van der Waals surface area (Å²) in [5.74, 6) is 0.292. The molecule has 0 radical (unpaired) electrons. The van der Waals surface area contributed by atoms with Crippen molar-refractivity contribution in [2.24, 2.45) is 16.3 Å². The van der Waals surface area contributed by atoms with E-state index in [1.54, 1.807) is 0 Å². The van der Waals surface area contributed by atoms with E-state index in [1.807, 2.05) is 23.3 Å². The van der Waals surface area contributed by atoms with Gasteiger partial charge in [0.15, 0.2) is 0 Å². The number of likely N-dealkylation sites (tertiary alicyclic amines) is 1. The molecule has 0 bridgehead atoms. The second-order valence-electron chi connectivity index (χ2n) is 4.94. The Morgan fingerprint density at radius 2 is 2.21 bits per heavy atom. The summed E-state index contributed by atoms with van der Waals surface area (Å²) in [7, 11) is 0. The van der Waals surface area contributed by atoms with Crippen molar-refractivity contribution < 1.29 is 10.0 Å². The summed E-state index contributed by atoms with van der Waals surface area (Å²) in [5.41, 5.74) is 5.39. The molecular weight excluding hydrogens is 330 g/mol. The van der Waals surface area contributed by atoms with E-state index in [4.69, 9.17) is 10.9 Å². The van der Waals surface area contributed by atoms with Crippen molar-refractivity contribution in [2.45, 2.75) is 19.8 Å². The predicted molar refractivity (Wildman–Crippen MR) is 78.7 cm³/mol. The molecule has 1 aromatic heterocycles. The van der Waals surface area contributed by atoms with Gasteiger partial charge < -0.3 is 15.8 Å². The number of piperidine rings is 1. The lowest BCUT2D eigenvalue weighted by Gasteiger charge is -2.38. The first-order valence-corrected chi connectivity index (χ1v) is 7.65. The molecule has 2 heterocycles. The molecule has 7 heteroatoms. The van der Waals surface area contributed by atoms with E-state index in [1.165, 1.54) is 11.3 Å². The lowest BCUT2D eigenvalue weighted by molar-refractivity contribution is 0.0670. The highest BCUT2D eigenvalue weighted by Crippen LogP contribution is 2.33. The third-order valence-corrected chi connectivity index (χ3v) is 5.52. The van der Waals surface area contributed by atoms with E-state index >= 15 is 0 Å². The first kappa shape index (κ1) is 14.3. The number of carbonyl (C=O) groups is 1. The van der Waals surface area contributed by atoms with Crippen molar-refractivity contribution in [1.29, 1.82) is 0 Å². The van der Waals surface area contributed by atoms with Crippen LogP contribution >= 0.6 is 27.3 Å². The number of amidine groups is 1. The van der Waals surface area contributed by atoms with Crippen LogP contribution < -0.4 is 5.73 Å². The first-order valence-electron chi connectivity index (χ1n) is 5.98. The van der Waals surface area contributed by atoms with E-state index < -0.39 is 0 Å². The van der Waals surface area contributed by atoms with Gasteiger partial charge in [-0.1, -0.05) is 12.1 Å². The van der Waals surface area contributed by atoms with Gasteiger partial charge in [0.25, 0.3) is 5.91 Å². The summed E-state index contributed by atoms with van der Waals surface area (Å²) in [5, 5.41) is 13.8. The minimum absolute atomic E-state index is 0.0448. The number of thiophene rings is 1. The molecule has 1 aliphatic heterocycles. The topological polar surface area (TPSA) is 78.9 Å². The van der Waals surface area contributed by atoms with Gasteiger partial charge in [0.2, 0.25) is 0 Å². The van der Waals surface area contributed by atoms with Gasteiger partial charge in [-0.25, -0.2) is 0 Å². The summed E-state index contributed by atoms with van der Waals surface area (Å²) < 4.78 is 0.840. The van der Waals surface area contributed by atoms with E-state index in [-0.39, 0.29) is 17.2 Å². The van der Waals surface area contributed by atoms with Crippen LogP contribution in [0.4, 0.5) is 0 Å². The number of hydrogen-bond acceptors (Lipinski definition) is 4. The number of hydrogen-bond donors (Lipinski definition) is 2. The molecule has 1 fully saturated rings. The van der Waals surface area contributed by atoms with Gasteiger partial charge in [-0.3, -0.25) is 4.79 Å². The average Bonchev–Trinajstić information content (AvgIpc) is 2.84. The van der Waals surface area contributed by atoms with Crippen molar-refractivity contribution >= 4 is 39.0 Å². The highest BCUT2D eigenvalue weighted by Gasteiger charge is 2.36. The van der Waals surface area contributed by atoms with Crippen LogP contribution in [0.25, 0.3) is 0 Å². The third kappa shape index (κ3) is 2.76. The third-order valence-electron chi connectivity index (χ3n) is 3.69. The summed E-state index contributed by atoms with van der Waals surface area (Å²) in [6.07, 6.45) is 1.41. The van der Waals surface area contributed by atoms with Crippen molar-refractivity contribution in [3.8, 4) is 0 Å². The van der Waals surface area contributed by atoms with Crippen LogP contribution in [0.3, 0.4) is 0 Å². The van der Waals surface area contributed by atoms with Crippen molar-refractivity contribution in [2.75, 3.05) is 13.1 Å². The Balaban J connectivity index is 2.05. The number of oxime groups is 1. The number of halogens is 1. The second-order valence-corrected chi connectivity index (χ2v) is 6.71. The van der Waals surface area contributed by atoms with Gasteiger partial charge in [0, 0.05) is 23.0 Å². The zero-order valence-corrected chi connectivity index (χ0v) is 13.0. The zero-order valence-electron chi connectivity index (χ0n) is 10.6. The van der Waals surface area contributed by atoms with Gasteiger partial charge in [-0.2, -0.15) is 0 Å². The lowest BCUT2D eigenvalue weighted by atomic mass is 9.79. The fourth-order valence-electron chi connectivity index (χ4n) is 2.17. The van der Waals surface area contributed by atoms with E-state index in [0.29, 0.717) is 25.9 Å². The normalized spacial score (nSPS) is 19.5. The maximum atomic E-state index is 12.3. The minimum atomic E-state index is -0.321. The maximum absolute atomic E-state index is 12.3. The SMILES string of the molecule is CC1(/C(N)=N/O)CCN(C(=O)c2sccc2Br)CC1. The first-order chi connectivity index (χ1) is 8.98. The summed E-state index contributed by atoms with van der Waals surface area (Å²) >= 11 is 4.82. The van der Waals surface area contributed by atoms with Crippen molar-refractivity contribution in [1.82, 2.24) is 4.90 Å². The second kappa shape index (κ2) is 5.50. The Kier molecular flexibility index (Phi) is 4.15. The molecule has 2 rings (SSSR count). The Morgan fingerprint density at radius 3 is 2.68 bits per heavy atom. The van der Waals surface area contributed by atoms with Gasteiger partial charge in [-0.15, -0.1) is 11.3 Å². The molecule has 0 saturated carbocycles. The van der Waals surface area contributed by atoms with Crippen molar-refractivity contribution in [3.05, 3.63) is 20.8 Å². The molecule has 0 spiro atoms. The molecular formula is C12H16BrN3O2S. The lowest BCUT2D eigenvalue weighted by Crippen LogP contribution is -2.47. The van der Waals surface area contributed by atoms with E-state index in [9.17, 15) is 4.79 Å². The molecule has 1 amide bonds. The molecule has 3 N–H and O–H groups in total. The molecule has 1 aliphatic rings. The summed E-state index contributed by atoms with van der Waals surface area (Å²) in [6, 6.07) is 1.88. The smallest absolute Gasteiger partial charge is 0.265 e. The van der Waals surface area contributed by atoms with Gasteiger partial charge in [-0.05, 0) is 40.2 Å². The number of carbonyl (C=O) groups excluding carboxylic acids is 1. The Bertz CT molecular complexity index is 507. The summed E-state index contributed by atoms with van der Waals surface area (Å²) in [4.78, 5) is 14.9. The molecule has 5 nitrogen and oxygen atoms in total. The fraction of sp³-hybridized carbons (Fsp3) is 0.500. The Labute approximate surface area is 124 Å². The van der Waals surface area contributed by atoms with E-state index in [2.05, 4.69) is 21.1 Å². The van der Waals surface area contributed by atoms with E-state index in [0.717, 1.165) is 9.35 Å². The minimum Gasteiger partial charge on any atom is -0.409 e. The molecule has 19 heavy (non-hydrogen) atoms. The monoisotopic (exact) mass is 345 g/mol. The highest BCUT2D eigenvalue weighted by atomic mass is 79.9. The van der Waals surface area contributed by atoms with Crippen LogP contribution in [-0.4, -0.2) is 34.9 Å². The molecule has 0 aromatic carbocycles. The predicted octanol–water partition coefficient (Wildman–Crippen LogP) is 2.50. The van der Waals surface area contributed by atoms with Gasteiger partial charge in [0.1, 0.15) is 10.7 Å². The molecule has 104 valence electrons. The van der Waals surface area contributed by atoms with Crippen LogP contribution in [0.1, 0.15) is 29.4 Å². The zero-order chi connectivity index (χ0) is 14.0. The van der Waals surface area contributed by atoms with Crippen LogP contribution in [0, 0.1) is 5.41 Å².